The van der Waals surface area contributed by atoms with E-state index >= 15 is 4.79 Å². The van der Waals surface area contributed by atoms with Crippen molar-refractivity contribution in [1.29, 1.82) is 0 Å². The van der Waals surface area contributed by atoms with Gasteiger partial charge in [0.05, 0.1) is 27.7 Å². The molecular formula is C51H32N2O2. The minimum atomic E-state index is -0.608. The van der Waals surface area contributed by atoms with E-state index in [1.807, 2.05) is 78.9 Å². The van der Waals surface area contributed by atoms with Gasteiger partial charge in [-0.05, 0) is 97.6 Å². The summed E-state index contributed by atoms with van der Waals surface area (Å²) in [5, 5.41) is 0.462. The van der Waals surface area contributed by atoms with E-state index < -0.39 is 11.1 Å². The van der Waals surface area contributed by atoms with Gasteiger partial charge in [0.25, 0.3) is 5.56 Å². The second-order valence-corrected chi connectivity index (χ2v) is 14.4. The van der Waals surface area contributed by atoms with Crippen LogP contribution in [0.15, 0.2) is 204 Å². The van der Waals surface area contributed by atoms with Crippen molar-refractivity contribution in [2.24, 2.45) is 0 Å². The molecule has 55 heavy (non-hydrogen) atoms. The van der Waals surface area contributed by atoms with Crippen LogP contribution in [0.1, 0.15) is 22.3 Å². The smallest absolute Gasteiger partial charge is 0.268 e. The number of rotatable bonds is 4. The van der Waals surface area contributed by atoms with Crippen LogP contribution in [0.4, 0.5) is 0 Å². The van der Waals surface area contributed by atoms with E-state index in [0.29, 0.717) is 22.3 Å². The third kappa shape index (κ3) is 4.34. The fourth-order valence-corrected chi connectivity index (χ4v) is 9.37. The monoisotopic (exact) mass is 704 g/mol. The molecule has 0 unspecified atom stereocenters. The molecule has 0 amide bonds. The van der Waals surface area contributed by atoms with Gasteiger partial charge in [0.2, 0.25) is 0 Å². The lowest BCUT2D eigenvalue weighted by molar-refractivity contribution is 0.790. The number of aromatic nitrogens is 2. The van der Waals surface area contributed by atoms with Crippen molar-refractivity contribution in [3.05, 3.63) is 237 Å². The second kappa shape index (κ2) is 11.9. The Labute approximate surface area is 317 Å². The first kappa shape index (κ1) is 31.2. The number of hydrogen-bond donors (Lipinski definition) is 0. The molecule has 0 aliphatic heterocycles. The minimum Gasteiger partial charge on any atom is -0.268 e. The zero-order valence-electron chi connectivity index (χ0n) is 29.7. The lowest BCUT2D eigenvalue weighted by Gasteiger charge is -2.30. The Bertz CT molecular complexity index is 3040. The zero-order chi connectivity index (χ0) is 36.7. The average molecular weight is 705 g/mol. The van der Waals surface area contributed by atoms with Crippen LogP contribution >= 0.6 is 0 Å². The summed E-state index contributed by atoms with van der Waals surface area (Å²) in [6, 6.07) is 66.0. The fourth-order valence-electron chi connectivity index (χ4n) is 9.37. The van der Waals surface area contributed by atoms with E-state index in [1.165, 1.54) is 26.8 Å². The molecule has 4 nitrogen and oxygen atoms in total. The highest BCUT2D eigenvalue weighted by Gasteiger charge is 2.52. The van der Waals surface area contributed by atoms with E-state index in [4.69, 9.17) is 0 Å². The van der Waals surface area contributed by atoms with Gasteiger partial charge in [0.15, 0.2) is 0 Å². The highest BCUT2D eigenvalue weighted by molar-refractivity contribution is 5.97. The summed E-state index contributed by atoms with van der Waals surface area (Å²) in [5.74, 6) is 0. The molecule has 0 fully saturated rings. The van der Waals surface area contributed by atoms with Gasteiger partial charge in [-0.1, -0.05) is 158 Å². The molecule has 9 aromatic rings. The molecule has 0 bridgehead atoms. The number of nitrogens with zero attached hydrogens (tertiary/aromatic N) is 2. The molecule has 258 valence electrons. The molecule has 0 saturated heterocycles. The van der Waals surface area contributed by atoms with Crippen LogP contribution in [-0.2, 0) is 5.41 Å². The highest BCUT2D eigenvalue weighted by atomic mass is 16.2. The van der Waals surface area contributed by atoms with Crippen molar-refractivity contribution in [2.75, 3.05) is 0 Å². The van der Waals surface area contributed by atoms with Gasteiger partial charge in [0.1, 0.15) is 0 Å². The van der Waals surface area contributed by atoms with Crippen molar-refractivity contribution in [1.82, 2.24) is 9.13 Å². The maximum atomic E-state index is 15.4. The summed E-state index contributed by atoms with van der Waals surface area (Å²) in [7, 11) is 0. The first-order valence-corrected chi connectivity index (χ1v) is 18.6. The molecule has 0 saturated carbocycles. The molecule has 1 aromatic heterocycles. The summed E-state index contributed by atoms with van der Waals surface area (Å²) in [4.78, 5) is 30.3. The van der Waals surface area contributed by atoms with Crippen LogP contribution in [0.25, 0.3) is 66.8 Å². The number of para-hydroxylation sites is 1. The van der Waals surface area contributed by atoms with E-state index in [9.17, 15) is 4.79 Å². The molecule has 2 aliphatic rings. The molecule has 0 radical (unpaired) electrons. The Balaban J connectivity index is 1.24. The Morgan fingerprint density at radius 2 is 0.873 bits per heavy atom. The van der Waals surface area contributed by atoms with Gasteiger partial charge < -0.3 is 0 Å². The van der Waals surface area contributed by atoms with Crippen molar-refractivity contribution in [2.45, 2.75) is 5.41 Å². The lowest BCUT2D eigenvalue weighted by atomic mass is 9.70. The predicted molar refractivity (Wildman–Crippen MR) is 222 cm³/mol. The number of hydrogen-bond acceptors (Lipinski definition) is 2. The summed E-state index contributed by atoms with van der Waals surface area (Å²) in [6.07, 6.45) is 0. The van der Waals surface area contributed by atoms with E-state index in [1.54, 1.807) is 4.57 Å². The van der Waals surface area contributed by atoms with Crippen LogP contribution < -0.4 is 11.2 Å². The molecule has 4 heteroatoms. The molecule has 11 rings (SSSR count). The average Bonchev–Trinajstić information content (AvgIpc) is 3.72. The molecule has 1 spiro atoms. The second-order valence-electron chi connectivity index (χ2n) is 14.4. The summed E-state index contributed by atoms with van der Waals surface area (Å²) >= 11 is 0. The number of fused-ring (bicyclic) bond motifs is 11. The Kier molecular flexibility index (Phi) is 6.74. The Morgan fingerprint density at radius 3 is 1.49 bits per heavy atom. The predicted octanol–water partition coefficient (Wildman–Crippen LogP) is 10.8. The minimum absolute atomic E-state index is 0.349. The molecule has 0 N–H and O–H groups in total. The van der Waals surface area contributed by atoms with Crippen LogP contribution in [0.3, 0.4) is 0 Å². The molecule has 8 aromatic carbocycles. The van der Waals surface area contributed by atoms with Crippen molar-refractivity contribution in [3.8, 4) is 55.9 Å². The van der Waals surface area contributed by atoms with Gasteiger partial charge >= 0.3 is 5.69 Å². The van der Waals surface area contributed by atoms with E-state index in [-0.39, 0.29) is 5.56 Å². The number of benzene rings is 8. The van der Waals surface area contributed by atoms with Gasteiger partial charge in [-0.15, -0.1) is 0 Å². The van der Waals surface area contributed by atoms with Gasteiger partial charge in [0, 0.05) is 5.56 Å². The first-order valence-electron chi connectivity index (χ1n) is 18.6. The largest absolute Gasteiger partial charge is 0.340 e. The van der Waals surface area contributed by atoms with Crippen LogP contribution in [0.2, 0.25) is 0 Å². The summed E-state index contributed by atoms with van der Waals surface area (Å²) in [6.45, 7) is 0. The van der Waals surface area contributed by atoms with Gasteiger partial charge in [-0.2, -0.15) is 0 Å². The molecule has 1 heterocycles. The molecule has 0 atom stereocenters. The van der Waals surface area contributed by atoms with E-state index in [0.717, 1.165) is 44.5 Å². The van der Waals surface area contributed by atoms with Crippen molar-refractivity contribution >= 4 is 10.9 Å². The standard InChI is InChI=1S/C51H32N2O2/c54-49-41-23-10-14-28-46(41)52(37-31-35(33-16-3-1-4-17-33)30-36(32-37)34-18-5-2-6-19-34)50(55)53(49)47-29-15-27-45-48(47)40-22-9-13-26-44(40)51(45)42-24-11-7-20-38(42)39-21-8-12-25-43(39)51/h1-32H. The fraction of sp³-hybridized carbons (Fsp3) is 0.0196. The summed E-state index contributed by atoms with van der Waals surface area (Å²) < 4.78 is 3.12. The van der Waals surface area contributed by atoms with Crippen molar-refractivity contribution < 1.29 is 0 Å². The zero-order valence-corrected chi connectivity index (χ0v) is 29.7. The highest BCUT2D eigenvalue weighted by Crippen LogP contribution is 2.63. The van der Waals surface area contributed by atoms with E-state index in [2.05, 4.69) is 115 Å². The summed E-state index contributed by atoms with van der Waals surface area (Å²) in [5.41, 5.74) is 13.4. The molecule has 2 aliphatic carbocycles. The van der Waals surface area contributed by atoms with Crippen LogP contribution in [0.5, 0.6) is 0 Å². The van der Waals surface area contributed by atoms with Crippen molar-refractivity contribution in [3.63, 3.8) is 0 Å². The van der Waals surface area contributed by atoms with Gasteiger partial charge in [-0.3, -0.25) is 9.36 Å². The Morgan fingerprint density at radius 1 is 0.382 bits per heavy atom. The van der Waals surface area contributed by atoms with Gasteiger partial charge in [-0.25, -0.2) is 9.36 Å². The first-order chi connectivity index (χ1) is 27.1. The SMILES string of the molecule is O=c1c2ccccc2n(-c2cc(-c3ccccc3)cc(-c3ccccc3)c2)c(=O)n1-c1cccc2c1-c1ccccc1C21c2ccccc2-c2ccccc21. The van der Waals surface area contributed by atoms with Crippen LogP contribution in [0, 0.1) is 0 Å². The maximum Gasteiger partial charge on any atom is 0.340 e. The quantitative estimate of drug-likeness (QED) is 0.183. The lowest BCUT2D eigenvalue weighted by Crippen LogP contribution is -2.38. The third-order valence-electron chi connectivity index (χ3n) is 11.6. The third-order valence-corrected chi connectivity index (χ3v) is 11.6. The Hall–Kier alpha value is -7.30. The topological polar surface area (TPSA) is 44.0 Å². The van der Waals surface area contributed by atoms with Crippen LogP contribution in [-0.4, -0.2) is 9.13 Å². The normalized spacial score (nSPS) is 13.0. The molecular weight excluding hydrogens is 673 g/mol. The maximum absolute atomic E-state index is 15.4.